The van der Waals surface area contributed by atoms with Gasteiger partial charge in [0.2, 0.25) is 11.8 Å². The minimum Gasteiger partial charge on any atom is -0.480 e. The number of hydrogen-bond acceptors (Lipinski definition) is 5. The van der Waals surface area contributed by atoms with Crippen LogP contribution < -0.4 is 4.90 Å². The van der Waals surface area contributed by atoms with Gasteiger partial charge in [-0.05, 0) is 29.8 Å². The van der Waals surface area contributed by atoms with Gasteiger partial charge in [0.25, 0.3) is 0 Å². The number of hydrogen-bond donors (Lipinski definition) is 1. The quantitative estimate of drug-likeness (QED) is 0.706. The van der Waals surface area contributed by atoms with Gasteiger partial charge in [-0.2, -0.15) is 0 Å². The Hall–Kier alpha value is -3.62. The van der Waals surface area contributed by atoms with Crippen molar-refractivity contribution >= 4 is 40.3 Å². The van der Waals surface area contributed by atoms with E-state index < -0.39 is 36.8 Å². The Balaban J connectivity index is 1.67. The van der Waals surface area contributed by atoms with E-state index in [-0.39, 0.29) is 6.61 Å². The van der Waals surface area contributed by atoms with Gasteiger partial charge >= 0.3 is 12.1 Å². The van der Waals surface area contributed by atoms with Gasteiger partial charge in [0.05, 0.1) is 6.61 Å². The molecule has 0 spiro atoms. The smallest absolute Gasteiger partial charge is 0.409 e. The molecule has 1 saturated heterocycles. The maximum atomic E-state index is 12.9. The van der Waals surface area contributed by atoms with Crippen LogP contribution in [0, 0.1) is 0 Å². The number of benzene rings is 2. The van der Waals surface area contributed by atoms with Crippen molar-refractivity contribution in [3.63, 3.8) is 0 Å². The summed E-state index contributed by atoms with van der Waals surface area (Å²) in [6.07, 6.45) is -0.867. The molecule has 0 aliphatic carbocycles. The van der Waals surface area contributed by atoms with Crippen molar-refractivity contribution in [1.29, 1.82) is 0 Å². The highest BCUT2D eigenvalue weighted by molar-refractivity contribution is 6.07. The first kappa shape index (κ1) is 22.1. The van der Waals surface area contributed by atoms with Crippen LogP contribution in [0.3, 0.4) is 0 Å². The van der Waals surface area contributed by atoms with Crippen molar-refractivity contribution in [1.82, 2.24) is 9.80 Å². The lowest BCUT2D eigenvalue weighted by Gasteiger charge is -2.34. The number of carbonyl (C=O) groups is 4. The summed E-state index contributed by atoms with van der Waals surface area (Å²) in [6.45, 7) is 2.69. The zero-order valence-corrected chi connectivity index (χ0v) is 17.3. The Morgan fingerprint density at radius 2 is 1.61 bits per heavy atom. The van der Waals surface area contributed by atoms with Crippen molar-refractivity contribution < 1.29 is 29.0 Å². The molecule has 1 heterocycles. The van der Waals surface area contributed by atoms with E-state index in [0.717, 1.165) is 15.7 Å². The molecule has 0 radical (unpaired) electrons. The minimum absolute atomic E-state index is 0.278. The topological polar surface area (TPSA) is 107 Å². The van der Waals surface area contributed by atoms with Crippen LogP contribution in [0.2, 0.25) is 0 Å². The van der Waals surface area contributed by atoms with Crippen molar-refractivity contribution in [2.75, 3.05) is 44.2 Å². The number of rotatable bonds is 6. The summed E-state index contributed by atoms with van der Waals surface area (Å²) in [4.78, 5) is 52.8. The number of piperazine rings is 1. The molecule has 1 N–H and O–H groups in total. The first-order valence-corrected chi connectivity index (χ1v) is 10.1. The highest BCUT2D eigenvalue weighted by Gasteiger charge is 2.28. The maximum Gasteiger partial charge on any atom is 0.409 e. The van der Waals surface area contributed by atoms with E-state index in [0.29, 0.717) is 31.9 Å². The van der Waals surface area contributed by atoms with Gasteiger partial charge in [0.1, 0.15) is 13.0 Å². The molecule has 1 aliphatic rings. The van der Waals surface area contributed by atoms with Crippen LogP contribution in [0.25, 0.3) is 10.8 Å². The van der Waals surface area contributed by atoms with Crippen molar-refractivity contribution in [2.45, 2.75) is 13.3 Å². The molecule has 0 atom stereocenters. The van der Waals surface area contributed by atoms with Gasteiger partial charge in [-0.3, -0.25) is 14.4 Å². The fourth-order valence-electron chi connectivity index (χ4n) is 3.49. The number of nitrogens with zero attached hydrogens (tertiary/aromatic N) is 3. The van der Waals surface area contributed by atoms with Gasteiger partial charge < -0.3 is 24.5 Å². The number of carboxylic acid groups (broad SMARTS) is 1. The molecule has 0 bridgehead atoms. The number of carboxylic acids is 1. The number of amides is 3. The molecule has 1 aliphatic heterocycles. The van der Waals surface area contributed by atoms with Crippen LogP contribution in [-0.4, -0.2) is 78.1 Å². The number of carbonyl (C=O) groups excluding carboxylic acids is 3. The average Bonchev–Trinajstić information content (AvgIpc) is 2.77. The maximum absolute atomic E-state index is 12.9. The number of fused-ring (bicyclic) bond motifs is 1. The first-order valence-electron chi connectivity index (χ1n) is 10.1. The van der Waals surface area contributed by atoms with Crippen LogP contribution in [0.15, 0.2) is 42.5 Å². The minimum atomic E-state index is -1.17. The molecule has 0 saturated carbocycles. The van der Waals surface area contributed by atoms with Gasteiger partial charge in [0.15, 0.2) is 0 Å². The predicted molar refractivity (Wildman–Crippen MR) is 114 cm³/mol. The summed E-state index contributed by atoms with van der Waals surface area (Å²) in [5.74, 6) is -2.16. The predicted octanol–water partition coefficient (Wildman–Crippen LogP) is 1.95. The lowest BCUT2D eigenvalue weighted by atomic mass is 10.1. The summed E-state index contributed by atoms with van der Waals surface area (Å²) < 4.78 is 4.96. The molecule has 3 amide bonds. The first-order chi connectivity index (χ1) is 14.9. The fraction of sp³-hybridized carbons (Fsp3) is 0.364. The third-order valence-corrected chi connectivity index (χ3v) is 5.10. The van der Waals surface area contributed by atoms with Crippen molar-refractivity contribution in [2.24, 2.45) is 0 Å². The van der Waals surface area contributed by atoms with E-state index in [9.17, 15) is 24.3 Å². The second-order valence-corrected chi connectivity index (χ2v) is 7.15. The summed E-state index contributed by atoms with van der Waals surface area (Å²) >= 11 is 0. The van der Waals surface area contributed by atoms with E-state index in [1.165, 1.54) is 9.80 Å². The van der Waals surface area contributed by atoms with Crippen molar-refractivity contribution in [3.8, 4) is 0 Å². The third-order valence-electron chi connectivity index (χ3n) is 5.10. The van der Waals surface area contributed by atoms with Gasteiger partial charge in [0, 0.05) is 31.9 Å². The molecule has 3 rings (SSSR count). The molecule has 9 heteroatoms. The Bertz CT molecular complexity index is 984. The second-order valence-electron chi connectivity index (χ2n) is 7.15. The molecule has 0 unspecified atom stereocenters. The van der Waals surface area contributed by atoms with Gasteiger partial charge in [-0.1, -0.05) is 30.3 Å². The van der Waals surface area contributed by atoms with E-state index in [4.69, 9.17) is 4.74 Å². The zero-order valence-electron chi connectivity index (χ0n) is 17.3. The van der Waals surface area contributed by atoms with E-state index in [1.54, 1.807) is 19.1 Å². The largest absolute Gasteiger partial charge is 0.480 e. The molecule has 2 aromatic rings. The molecule has 9 nitrogen and oxygen atoms in total. The van der Waals surface area contributed by atoms with Crippen LogP contribution >= 0.6 is 0 Å². The molecule has 164 valence electrons. The van der Waals surface area contributed by atoms with E-state index in [1.807, 2.05) is 30.3 Å². The van der Waals surface area contributed by atoms with Crippen LogP contribution in [0.4, 0.5) is 10.5 Å². The Labute approximate surface area is 179 Å². The SMILES string of the molecule is CCOC(=O)N1CCN(C(=O)CC(=O)N(CC(=O)O)c2ccc3ccccc3c2)CC1. The Kier molecular flexibility index (Phi) is 7.07. The molecule has 31 heavy (non-hydrogen) atoms. The second kappa shape index (κ2) is 9.92. The lowest BCUT2D eigenvalue weighted by molar-refractivity contribution is -0.139. The fourth-order valence-corrected chi connectivity index (χ4v) is 3.49. The monoisotopic (exact) mass is 427 g/mol. The summed E-state index contributed by atoms with van der Waals surface area (Å²) in [6, 6.07) is 12.8. The number of anilines is 1. The standard InChI is InChI=1S/C22H25N3O6/c1-2-31-22(30)24-11-9-23(10-12-24)19(26)14-20(27)25(15-21(28)29)18-8-7-16-5-3-4-6-17(16)13-18/h3-8,13H,2,9-12,14-15H2,1H3,(H,28,29). The highest BCUT2D eigenvalue weighted by atomic mass is 16.6. The van der Waals surface area contributed by atoms with Crippen LogP contribution in [-0.2, 0) is 19.1 Å². The highest BCUT2D eigenvalue weighted by Crippen LogP contribution is 2.23. The molecule has 2 aromatic carbocycles. The lowest BCUT2D eigenvalue weighted by Crippen LogP contribution is -2.51. The van der Waals surface area contributed by atoms with Crippen LogP contribution in [0.5, 0.6) is 0 Å². The summed E-state index contributed by atoms with van der Waals surface area (Å²) in [5.41, 5.74) is 0.422. The van der Waals surface area contributed by atoms with Crippen molar-refractivity contribution in [3.05, 3.63) is 42.5 Å². The normalized spacial score (nSPS) is 13.7. The van der Waals surface area contributed by atoms with Gasteiger partial charge in [-0.25, -0.2) is 4.79 Å². The van der Waals surface area contributed by atoms with Gasteiger partial charge in [-0.15, -0.1) is 0 Å². The molecule has 0 aromatic heterocycles. The summed E-state index contributed by atoms with van der Waals surface area (Å²) in [7, 11) is 0. The molecular formula is C22H25N3O6. The van der Waals surface area contributed by atoms with Crippen LogP contribution in [0.1, 0.15) is 13.3 Å². The molecule has 1 fully saturated rings. The summed E-state index contributed by atoms with van der Waals surface area (Å²) in [5, 5.41) is 11.1. The number of ether oxygens (including phenoxy) is 1. The zero-order chi connectivity index (χ0) is 22.4. The van der Waals surface area contributed by atoms with E-state index in [2.05, 4.69) is 0 Å². The Morgan fingerprint density at radius 1 is 0.968 bits per heavy atom. The Morgan fingerprint density at radius 3 is 2.26 bits per heavy atom. The third kappa shape index (κ3) is 5.50. The average molecular weight is 427 g/mol. The molecular weight excluding hydrogens is 402 g/mol. The van der Waals surface area contributed by atoms with E-state index >= 15 is 0 Å². The number of aliphatic carboxylic acids is 1.